The molecule has 0 saturated heterocycles. The highest BCUT2D eigenvalue weighted by Gasteiger charge is 2.04. The Bertz CT molecular complexity index is 575. The summed E-state index contributed by atoms with van der Waals surface area (Å²) in [5.41, 5.74) is 6.02. The zero-order valence-corrected chi connectivity index (χ0v) is 12.8. The first-order valence-corrected chi connectivity index (χ1v) is 7.30. The van der Waals surface area contributed by atoms with E-state index in [0.29, 0.717) is 6.04 Å². The molecule has 1 atom stereocenters. The minimum atomic E-state index is 0.504. The van der Waals surface area contributed by atoms with Crippen LogP contribution in [0.15, 0.2) is 42.5 Å². The summed E-state index contributed by atoms with van der Waals surface area (Å²) >= 11 is 0. The van der Waals surface area contributed by atoms with E-state index in [9.17, 15) is 0 Å². The zero-order chi connectivity index (χ0) is 14.5. The number of anilines is 3. The van der Waals surface area contributed by atoms with Gasteiger partial charge in [0.2, 0.25) is 0 Å². The van der Waals surface area contributed by atoms with Gasteiger partial charge >= 0.3 is 0 Å². The SMILES string of the molecule is CCC(C)Nc1ccc(Nc2ccccc2C)c(C)c1. The van der Waals surface area contributed by atoms with E-state index in [-0.39, 0.29) is 0 Å². The third-order valence-electron chi connectivity index (χ3n) is 3.67. The van der Waals surface area contributed by atoms with Crippen LogP contribution in [-0.4, -0.2) is 6.04 Å². The largest absolute Gasteiger partial charge is 0.383 e. The predicted octanol–water partition coefficient (Wildman–Crippen LogP) is 5.26. The molecule has 20 heavy (non-hydrogen) atoms. The van der Waals surface area contributed by atoms with E-state index in [0.717, 1.165) is 12.1 Å². The maximum atomic E-state index is 3.51. The lowest BCUT2D eigenvalue weighted by atomic mass is 10.1. The molecule has 0 amide bonds. The first-order chi connectivity index (χ1) is 9.60. The fourth-order valence-corrected chi connectivity index (χ4v) is 2.14. The topological polar surface area (TPSA) is 24.1 Å². The highest BCUT2D eigenvalue weighted by Crippen LogP contribution is 2.25. The van der Waals surface area contributed by atoms with Gasteiger partial charge in [-0.1, -0.05) is 25.1 Å². The monoisotopic (exact) mass is 268 g/mol. The van der Waals surface area contributed by atoms with Gasteiger partial charge in [0, 0.05) is 23.1 Å². The third kappa shape index (κ3) is 3.53. The van der Waals surface area contributed by atoms with E-state index < -0.39 is 0 Å². The van der Waals surface area contributed by atoms with Gasteiger partial charge in [-0.15, -0.1) is 0 Å². The summed E-state index contributed by atoms with van der Waals surface area (Å²) < 4.78 is 0. The average Bonchev–Trinajstić information content (AvgIpc) is 2.44. The number of hydrogen-bond donors (Lipinski definition) is 2. The first-order valence-electron chi connectivity index (χ1n) is 7.30. The minimum absolute atomic E-state index is 0.504. The van der Waals surface area contributed by atoms with Crippen molar-refractivity contribution in [2.24, 2.45) is 0 Å². The summed E-state index contributed by atoms with van der Waals surface area (Å²) in [6, 6.07) is 15.3. The molecule has 2 rings (SSSR count). The van der Waals surface area contributed by atoms with Crippen molar-refractivity contribution in [3.05, 3.63) is 53.6 Å². The lowest BCUT2D eigenvalue weighted by Gasteiger charge is -2.16. The van der Waals surface area contributed by atoms with Crippen LogP contribution in [0.2, 0.25) is 0 Å². The fraction of sp³-hybridized carbons (Fsp3) is 0.333. The molecule has 2 aromatic rings. The maximum Gasteiger partial charge on any atom is 0.0415 e. The molecule has 0 aliphatic rings. The van der Waals surface area contributed by atoms with Crippen molar-refractivity contribution in [2.45, 2.75) is 40.2 Å². The second-order valence-corrected chi connectivity index (χ2v) is 5.42. The number of aryl methyl sites for hydroxylation is 2. The molecule has 0 heterocycles. The zero-order valence-electron chi connectivity index (χ0n) is 12.8. The maximum absolute atomic E-state index is 3.51. The summed E-state index contributed by atoms with van der Waals surface area (Å²) in [5.74, 6) is 0. The number of hydrogen-bond acceptors (Lipinski definition) is 2. The molecule has 2 heteroatoms. The molecular weight excluding hydrogens is 244 g/mol. The molecule has 0 aromatic heterocycles. The van der Waals surface area contributed by atoms with Crippen molar-refractivity contribution >= 4 is 17.1 Å². The van der Waals surface area contributed by atoms with E-state index in [1.54, 1.807) is 0 Å². The third-order valence-corrected chi connectivity index (χ3v) is 3.67. The van der Waals surface area contributed by atoms with Crippen LogP contribution < -0.4 is 10.6 Å². The molecule has 2 aromatic carbocycles. The second kappa shape index (κ2) is 6.47. The highest BCUT2D eigenvalue weighted by molar-refractivity contribution is 5.68. The van der Waals surface area contributed by atoms with Gasteiger partial charge in [-0.25, -0.2) is 0 Å². The minimum Gasteiger partial charge on any atom is -0.383 e. The first kappa shape index (κ1) is 14.4. The molecule has 0 saturated carbocycles. The molecule has 0 aliphatic heterocycles. The van der Waals surface area contributed by atoms with Gasteiger partial charge in [-0.05, 0) is 62.6 Å². The van der Waals surface area contributed by atoms with E-state index in [2.05, 4.69) is 80.8 Å². The Balaban J connectivity index is 2.16. The summed E-state index contributed by atoms with van der Waals surface area (Å²) in [5, 5.41) is 7.01. The second-order valence-electron chi connectivity index (χ2n) is 5.42. The van der Waals surface area contributed by atoms with Crippen LogP contribution in [0.3, 0.4) is 0 Å². The summed E-state index contributed by atoms with van der Waals surface area (Å²) in [7, 11) is 0. The predicted molar refractivity (Wildman–Crippen MR) is 89.0 cm³/mol. The average molecular weight is 268 g/mol. The smallest absolute Gasteiger partial charge is 0.0415 e. The van der Waals surface area contributed by atoms with Gasteiger partial charge in [0.25, 0.3) is 0 Å². The van der Waals surface area contributed by atoms with E-state index in [1.807, 2.05) is 0 Å². The van der Waals surface area contributed by atoms with Crippen LogP contribution in [-0.2, 0) is 0 Å². The quantitative estimate of drug-likeness (QED) is 0.773. The molecule has 0 bridgehead atoms. The van der Waals surface area contributed by atoms with Crippen LogP contribution >= 0.6 is 0 Å². The lowest BCUT2D eigenvalue weighted by molar-refractivity contribution is 0.764. The molecule has 1 unspecified atom stereocenters. The number of rotatable bonds is 5. The van der Waals surface area contributed by atoms with Gasteiger partial charge in [-0.2, -0.15) is 0 Å². The van der Waals surface area contributed by atoms with Gasteiger partial charge < -0.3 is 10.6 Å². The molecular formula is C18H24N2. The van der Waals surface area contributed by atoms with Crippen LogP contribution in [0.1, 0.15) is 31.4 Å². The standard InChI is InChI=1S/C18H24N2/c1-5-15(4)19-16-10-11-18(14(3)12-16)20-17-9-7-6-8-13(17)2/h6-12,15,19-20H,5H2,1-4H3. The molecule has 0 radical (unpaired) electrons. The van der Waals surface area contributed by atoms with E-state index in [4.69, 9.17) is 0 Å². The van der Waals surface area contributed by atoms with Crippen molar-refractivity contribution in [1.82, 2.24) is 0 Å². The van der Waals surface area contributed by atoms with Crippen LogP contribution in [0.25, 0.3) is 0 Å². The molecule has 0 spiro atoms. The number of benzene rings is 2. The van der Waals surface area contributed by atoms with Crippen LogP contribution in [0.5, 0.6) is 0 Å². The van der Waals surface area contributed by atoms with Gasteiger partial charge in [0.05, 0.1) is 0 Å². The van der Waals surface area contributed by atoms with Crippen molar-refractivity contribution in [2.75, 3.05) is 10.6 Å². The normalized spacial score (nSPS) is 12.0. The molecule has 2 nitrogen and oxygen atoms in total. The van der Waals surface area contributed by atoms with Crippen molar-refractivity contribution in [1.29, 1.82) is 0 Å². The Morgan fingerprint density at radius 1 is 0.950 bits per heavy atom. The Hall–Kier alpha value is -1.96. The van der Waals surface area contributed by atoms with Crippen molar-refractivity contribution in [3.63, 3.8) is 0 Å². The molecule has 0 fully saturated rings. The Morgan fingerprint density at radius 3 is 2.30 bits per heavy atom. The summed E-state index contributed by atoms with van der Waals surface area (Å²) in [6.07, 6.45) is 1.13. The number of para-hydroxylation sites is 1. The van der Waals surface area contributed by atoms with Crippen molar-refractivity contribution < 1.29 is 0 Å². The van der Waals surface area contributed by atoms with Gasteiger partial charge in [-0.3, -0.25) is 0 Å². The summed E-state index contributed by atoms with van der Waals surface area (Å²) in [4.78, 5) is 0. The Kier molecular flexibility index (Phi) is 4.67. The fourth-order valence-electron chi connectivity index (χ4n) is 2.14. The molecule has 0 aliphatic carbocycles. The van der Waals surface area contributed by atoms with Crippen molar-refractivity contribution in [3.8, 4) is 0 Å². The molecule has 106 valence electrons. The number of nitrogens with one attached hydrogen (secondary N) is 2. The van der Waals surface area contributed by atoms with Crippen LogP contribution in [0.4, 0.5) is 17.1 Å². The Labute approximate surface area is 122 Å². The van der Waals surface area contributed by atoms with E-state index in [1.165, 1.54) is 22.5 Å². The lowest BCUT2D eigenvalue weighted by Crippen LogP contribution is -2.13. The Morgan fingerprint density at radius 2 is 1.65 bits per heavy atom. The van der Waals surface area contributed by atoms with E-state index >= 15 is 0 Å². The van der Waals surface area contributed by atoms with Crippen LogP contribution in [0, 0.1) is 13.8 Å². The summed E-state index contributed by atoms with van der Waals surface area (Å²) in [6.45, 7) is 8.66. The molecule has 2 N–H and O–H groups in total. The highest BCUT2D eigenvalue weighted by atomic mass is 14.9. The van der Waals surface area contributed by atoms with Gasteiger partial charge in [0.15, 0.2) is 0 Å². The van der Waals surface area contributed by atoms with Gasteiger partial charge in [0.1, 0.15) is 0 Å².